The summed E-state index contributed by atoms with van der Waals surface area (Å²) in [4.78, 5) is 15.0. The number of methoxy groups -OCH3 is 1. The molecule has 2 atom stereocenters. The standard InChI is InChI=1S/C17H24N4O2/c1-11(2)20-9-14(16(10-20)23-4)19-17(22)13-7-18-21-8-12(3)5-6-15(13)21/h5-8,11,14,16H,9-10H2,1-4H3,(H,19,22)/t14-,16-/m0/s1. The number of ether oxygens (including phenoxy) is 1. The first-order valence-corrected chi connectivity index (χ1v) is 8.01. The summed E-state index contributed by atoms with van der Waals surface area (Å²) >= 11 is 0. The highest BCUT2D eigenvalue weighted by Crippen LogP contribution is 2.17. The molecule has 6 heteroatoms. The van der Waals surface area contributed by atoms with E-state index in [1.165, 1.54) is 0 Å². The molecule has 23 heavy (non-hydrogen) atoms. The topological polar surface area (TPSA) is 58.9 Å². The van der Waals surface area contributed by atoms with Crippen LogP contribution in [0.15, 0.2) is 24.5 Å². The first kappa shape index (κ1) is 16.0. The number of nitrogens with zero attached hydrogens (tertiary/aromatic N) is 3. The highest BCUT2D eigenvalue weighted by atomic mass is 16.5. The molecule has 1 fully saturated rings. The van der Waals surface area contributed by atoms with Crippen LogP contribution >= 0.6 is 0 Å². The summed E-state index contributed by atoms with van der Waals surface area (Å²) in [5, 5.41) is 7.39. The molecule has 0 saturated carbocycles. The highest BCUT2D eigenvalue weighted by molar-refractivity contribution is 6.00. The van der Waals surface area contributed by atoms with E-state index < -0.39 is 0 Å². The summed E-state index contributed by atoms with van der Waals surface area (Å²) in [6.07, 6.45) is 3.56. The third-order valence-corrected chi connectivity index (χ3v) is 4.55. The maximum Gasteiger partial charge on any atom is 0.255 e. The van der Waals surface area contributed by atoms with Crippen molar-refractivity contribution in [1.29, 1.82) is 0 Å². The lowest BCUT2D eigenvalue weighted by Gasteiger charge is -2.19. The largest absolute Gasteiger partial charge is 0.378 e. The van der Waals surface area contributed by atoms with Crippen LogP contribution in [0.5, 0.6) is 0 Å². The van der Waals surface area contributed by atoms with Gasteiger partial charge in [-0.2, -0.15) is 5.10 Å². The number of fused-ring (bicyclic) bond motifs is 1. The average molecular weight is 316 g/mol. The minimum Gasteiger partial charge on any atom is -0.378 e. The van der Waals surface area contributed by atoms with Crippen LogP contribution in [0.3, 0.4) is 0 Å². The molecule has 0 aliphatic carbocycles. The Morgan fingerprint density at radius 3 is 2.87 bits per heavy atom. The maximum atomic E-state index is 12.7. The predicted molar refractivity (Wildman–Crippen MR) is 88.7 cm³/mol. The van der Waals surface area contributed by atoms with Gasteiger partial charge in [-0.05, 0) is 32.4 Å². The van der Waals surface area contributed by atoms with Crippen LogP contribution < -0.4 is 5.32 Å². The normalized spacial score (nSPS) is 22.1. The Labute approximate surface area is 136 Å². The highest BCUT2D eigenvalue weighted by Gasteiger charge is 2.35. The minimum absolute atomic E-state index is 0.00435. The first-order valence-electron chi connectivity index (χ1n) is 8.01. The van der Waals surface area contributed by atoms with E-state index >= 15 is 0 Å². The van der Waals surface area contributed by atoms with Crippen molar-refractivity contribution in [2.24, 2.45) is 0 Å². The Bertz CT molecular complexity index is 710. The summed E-state index contributed by atoms with van der Waals surface area (Å²) in [7, 11) is 1.70. The summed E-state index contributed by atoms with van der Waals surface area (Å²) in [5.74, 6) is -0.0958. The smallest absolute Gasteiger partial charge is 0.255 e. The van der Waals surface area contributed by atoms with E-state index in [4.69, 9.17) is 4.74 Å². The van der Waals surface area contributed by atoms with Crippen LogP contribution in [0, 0.1) is 6.92 Å². The van der Waals surface area contributed by atoms with E-state index in [2.05, 4.69) is 29.2 Å². The van der Waals surface area contributed by atoms with Gasteiger partial charge in [0.25, 0.3) is 5.91 Å². The van der Waals surface area contributed by atoms with Crippen LogP contribution in [0.1, 0.15) is 29.8 Å². The number of carbonyl (C=O) groups is 1. The molecule has 1 saturated heterocycles. The lowest BCUT2D eigenvalue weighted by atomic mass is 10.2. The van der Waals surface area contributed by atoms with E-state index in [0.717, 1.165) is 24.2 Å². The van der Waals surface area contributed by atoms with Gasteiger partial charge in [0.1, 0.15) is 0 Å². The second kappa shape index (κ2) is 6.29. The van der Waals surface area contributed by atoms with Gasteiger partial charge in [-0.15, -0.1) is 0 Å². The monoisotopic (exact) mass is 316 g/mol. The van der Waals surface area contributed by atoms with Gasteiger partial charge >= 0.3 is 0 Å². The van der Waals surface area contributed by atoms with Crippen LogP contribution in [0.25, 0.3) is 5.52 Å². The number of nitrogens with one attached hydrogen (secondary N) is 1. The summed E-state index contributed by atoms with van der Waals surface area (Å²) in [5.41, 5.74) is 2.53. The summed E-state index contributed by atoms with van der Waals surface area (Å²) in [6, 6.07) is 4.35. The van der Waals surface area contributed by atoms with Crippen molar-refractivity contribution in [2.75, 3.05) is 20.2 Å². The van der Waals surface area contributed by atoms with Crippen LogP contribution in [0.4, 0.5) is 0 Å². The third-order valence-electron chi connectivity index (χ3n) is 4.55. The van der Waals surface area contributed by atoms with Crippen molar-refractivity contribution in [3.8, 4) is 0 Å². The summed E-state index contributed by atoms with van der Waals surface area (Å²) < 4.78 is 7.29. The molecular formula is C17H24N4O2. The molecule has 1 amide bonds. The van der Waals surface area contributed by atoms with Gasteiger partial charge in [0.05, 0.1) is 29.4 Å². The zero-order chi connectivity index (χ0) is 16.6. The van der Waals surface area contributed by atoms with E-state index in [1.54, 1.807) is 17.8 Å². The number of aromatic nitrogens is 2. The van der Waals surface area contributed by atoms with Crippen molar-refractivity contribution in [3.05, 3.63) is 35.7 Å². The van der Waals surface area contributed by atoms with Crippen molar-refractivity contribution in [3.63, 3.8) is 0 Å². The fourth-order valence-electron chi connectivity index (χ4n) is 3.11. The molecule has 3 rings (SSSR count). The number of rotatable bonds is 4. The average Bonchev–Trinajstić information content (AvgIpc) is 3.10. The Kier molecular flexibility index (Phi) is 4.37. The van der Waals surface area contributed by atoms with Crippen molar-refractivity contribution in [1.82, 2.24) is 19.8 Å². The SMILES string of the molecule is CO[C@H]1CN(C(C)C)C[C@@H]1NC(=O)c1cnn2cc(C)ccc12. The molecule has 0 aromatic carbocycles. The molecule has 0 bridgehead atoms. The molecule has 0 radical (unpaired) electrons. The number of hydrogen-bond donors (Lipinski definition) is 1. The van der Waals surface area contributed by atoms with Gasteiger partial charge < -0.3 is 10.1 Å². The van der Waals surface area contributed by atoms with Gasteiger partial charge in [-0.1, -0.05) is 6.07 Å². The molecule has 124 valence electrons. The molecule has 0 spiro atoms. The van der Waals surface area contributed by atoms with E-state index in [9.17, 15) is 4.79 Å². The third kappa shape index (κ3) is 3.09. The second-order valence-corrected chi connectivity index (χ2v) is 6.50. The zero-order valence-corrected chi connectivity index (χ0v) is 14.1. The van der Waals surface area contributed by atoms with Gasteiger partial charge in [0.15, 0.2) is 0 Å². The van der Waals surface area contributed by atoms with Crippen molar-refractivity contribution in [2.45, 2.75) is 39.0 Å². The molecule has 6 nitrogen and oxygen atoms in total. The van der Waals surface area contributed by atoms with E-state index in [1.807, 2.05) is 25.3 Å². The van der Waals surface area contributed by atoms with Gasteiger partial charge in [-0.25, -0.2) is 4.52 Å². The Balaban J connectivity index is 1.77. The molecule has 1 N–H and O–H groups in total. The number of pyridine rings is 1. The quantitative estimate of drug-likeness (QED) is 0.928. The van der Waals surface area contributed by atoms with Gasteiger partial charge in [0.2, 0.25) is 0 Å². The Morgan fingerprint density at radius 1 is 1.39 bits per heavy atom. The number of likely N-dealkylation sites (tertiary alicyclic amines) is 1. The van der Waals surface area contributed by atoms with Crippen LogP contribution in [0.2, 0.25) is 0 Å². The molecule has 2 aromatic heterocycles. The van der Waals surface area contributed by atoms with Gasteiger partial charge in [0, 0.05) is 32.4 Å². The minimum atomic E-state index is -0.0958. The molecule has 1 aliphatic rings. The van der Waals surface area contributed by atoms with Crippen LogP contribution in [-0.2, 0) is 4.74 Å². The lowest BCUT2D eigenvalue weighted by Crippen LogP contribution is -2.43. The van der Waals surface area contributed by atoms with Crippen LogP contribution in [-0.4, -0.2) is 58.8 Å². The number of hydrogen-bond acceptors (Lipinski definition) is 4. The molecule has 0 unspecified atom stereocenters. The molecular weight excluding hydrogens is 292 g/mol. The fraction of sp³-hybridized carbons (Fsp3) is 0.529. The van der Waals surface area contributed by atoms with Crippen molar-refractivity contribution >= 4 is 11.4 Å². The van der Waals surface area contributed by atoms with E-state index in [0.29, 0.717) is 11.6 Å². The molecule has 3 heterocycles. The fourth-order valence-corrected chi connectivity index (χ4v) is 3.11. The van der Waals surface area contributed by atoms with Gasteiger partial charge in [-0.3, -0.25) is 9.69 Å². The number of amides is 1. The first-order chi connectivity index (χ1) is 11.0. The molecule has 2 aromatic rings. The maximum absolute atomic E-state index is 12.7. The summed E-state index contributed by atoms with van der Waals surface area (Å²) in [6.45, 7) is 7.96. The molecule has 1 aliphatic heterocycles. The second-order valence-electron chi connectivity index (χ2n) is 6.50. The van der Waals surface area contributed by atoms with E-state index in [-0.39, 0.29) is 18.1 Å². The predicted octanol–water partition coefficient (Wildman–Crippen LogP) is 1.48. The van der Waals surface area contributed by atoms with Crippen molar-refractivity contribution < 1.29 is 9.53 Å². The number of carbonyl (C=O) groups excluding carboxylic acids is 1. The lowest BCUT2D eigenvalue weighted by molar-refractivity contribution is 0.0754. The number of aryl methyl sites for hydroxylation is 1. The Hall–Kier alpha value is -1.92. The Morgan fingerprint density at radius 2 is 2.17 bits per heavy atom. The zero-order valence-electron chi connectivity index (χ0n) is 14.1.